The fourth-order valence-corrected chi connectivity index (χ4v) is 4.56. The highest BCUT2D eigenvalue weighted by atomic mass is 19.4. The Labute approximate surface area is 217 Å². The molecule has 1 aliphatic heterocycles. The number of nitriles is 1. The highest BCUT2D eigenvalue weighted by molar-refractivity contribution is 5.93. The predicted molar refractivity (Wildman–Crippen MR) is 124 cm³/mol. The summed E-state index contributed by atoms with van der Waals surface area (Å²) in [4.78, 5) is 49.9. The normalized spacial score (nSPS) is 26.3. The van der Waals surface area contributed by atoms with Crippen molar-refractivity contribution in [2.45, 2.75) is 103 Å². The number of amides is 4. The van der Waals surface area contributed by atoms with E-state index in [2.05, 4.69) is 16.0 Å². The van der Waals surface area contributed by atoms with Gasteiger partial charge in [0.15, 0.2) is 0 Å². The van der Waals surface area contributed by atoms with Crippen LogP contribution < -0.4 is 21.3 Å². The summed E-state index contributed by atoms with van der Waals surface area (Å²) in [6.45, 7) is 8.89. The SMILES string of the molecule is CC1(C)CC(CC(C#N)NC(=O)C(CC2(C)CC2(F)F)NC(=O)C(NC(=O)C(F)(F)F)C(C)(C)C)C(=O)N1. The summed E-state index contributed by atoms with van der Waals surface area (Å²) >= 11 is 0. The van der Waals surface area contributed by atoms with Gasteiger partial charge < -0.3 is 21.3 Å². The van der Waals surface area contributed by atoms with E-state index >= 15 is 0 Å². The molecule has 214 valence electrons. The van der Waals surface area contributed by atoms with Crippen molar-refractivity contribution < 1.29 is 41.1 Å². The molecule has 1 saturated heterocycles. The lowest BCUT2D eigenvalue weighted by molar-refractivity contribution is -0.175. The molecule has 14 heteroatoms. The molecule has 4 N–H and O–H groups in total. The number of nitrogens with one attached hydrogen (secondary N) is 4. The van der Waals surface area contributed by atoms with E-state index < -0.39 is 83.1 Å². The molecule has 0 aromatic carbocycles. The van der Waals surface area contributed by atoms with Crippen molar-refractivity contribution in [1.82, 2.24) is 21.3 Å². The number of hydrogen-bond donors (Lipinski definition) is 4. The highest BCUT2D eigenvalue weighted by Gasteiger charge is 2.68. The molecule has 1 saturated carbocycles. The van der Waals surface area contributed by atoms with Gasteiger partial charge in [0.05, 0.1) is 6.07 Å². The van der Waals surface area contributed by atoms with E-state index in [1.807, 2.05) is 6.07 Å². The molecule has 0 spiro atoms. The minimum Gasteiger partial charge on any atom is -0.351 e. The third-order valence-corrected chi connectivity index (χ3v) is 6.90. The smallest absolute Gasteiger partial charge is 0.351 e. The van der Waals surface area contributed by atoms with Crippen LogP contribution in [0.4, 0.5) is 22.0 Å². The zero-order valence-electron chi connectivity index (χ0n) is 22.1. The monoisotopic (exact) mass is 551 g/mol. The first-order chi connectivity index (χ1) is 17.0. The summed E-state index contributed by atoms with van der Waals surface area (Å²) in [5.41, 5.74) is -3.44. The van der Waals surface area contributed by atoms with Gasteiger partial charge >= 0.3 is 12.1 Å². The average molecular weight is 552 g/mol. The predicted octanol–water partition coefficient (Wildman–Crippen LogP) is 2.31. The number of hydrogen-bond acceptors (Lipinski definition) is 5. The van der Waals surface area contributed by atoms with Gasteiger partial charge in [-0.2, -0.15) is 18.4 Å². The number of carbonyl (C=O) groups excluding carboxylic acids is 4. The van der Waals surface area contributed by atoms with Crippen LogP contribution in [0.15, 0.2) is 0 Å². The van der Waals surface area contributed by atoms with Crippen molar-refractivity contribution in [3.63, 3.8) is 0 Å². The Hall–Kier alpha value is -2.98. The zero-order chi connectivity index (χ0) is 29.5. The van der Waals surface area contributed by atoms with Crippen LogP contribution in [-0.2, 0) is 19.2 Å². The molecular weight excluding hydrogens is 517 g/mol. The van der Waals surface area contributed by atoms with Gasteiger partial charge in [-0.25, -0.2) is 8.78 Å². The van der Waals surface area contributed by atoms with Crippen molar-refractivity contribution in [3.05, 3.63) is 0 Å². The average Bonchev–Trinajstić information content (AvgIpc) is 3.10. The molecule has 0 aromatic rings. The lowest BCUT2D eigenvalue weighted by Crippen LogP contribution is -2.60. The van der Waals surface area contributed by atoms with E-state index in [1.54, 1.807) is 19.2 Å². The molecule has 5 atom stereocenters. The van der Waals surface area contributed by atoms with Crippen LogP contribution in [0.3, 0.4) is 0 Å². The maximum Gasteiger partial charge on any atom is 0.471 e. The van der Waals surface area contributed by atoms with E-state index in [-0.39, 0.29) is 12.3 Å². The molecule has 1 aliphatic carbocycles. The van der Waals surface area contributed by atoms with Gasteiger partial charge in [0.25, 0.3) is 5.92 Å². The molecule has 9 nitrogen and oxygen atoms in total. The first-order valence-corrected chi connectivity index (χ1v) is 12.1. The lowest BCUT2D eigenvalue weighted by atomic mass is 9.85. The molecule has 1 heterocycles. The Kier molecular flexibility index (Phi) is 8.46. The summed E-state index contributed by atoms with van der Waals surface area (Å²) in [5, 5.41) is 18.5. The second-order valence-corrected chi connectivity index (χ2v) is 12.2. The summed E-state index contributed by atoms with van der Waals surface area (Å²) in [5.74, 6) is -8.62. The van der Waals surface area contributed by atoms with Gasteiger partial charge in [-0.3, -0.25) is 19.2 Å². The molecule has 0 radical (unpaired) electrons. The Morgan fingerprint density at radius 2 is 1.63 bits per heavy atom. The highest BCUT2D eigenvalue weighted by Crippen LogP contribution is 2.62. The van der Waals surface area contributed by atoms with Crippen LogP contribution in [0.5, 0.6) is 0 Å². The van der Waals surface area contributed by atoms with Gasteiger partial charge in [0.1, 0.15) is 18.1 Å². The Balaban J connectivity index is 2.23. The molecule has 5 unspecified atom stereocenters. The van der Waals surface area contributed by atoms with Gasteiger partial charge in [-0.05, 0) is 38.5 Å². The fourth-order valence-electron chi connectivity index (χ4n) is 4.56. The molecule has 38 heavy (non-hydrogen) atoms. The quantitative estimate of drug-likeness (QED) is 0.326. The molecule has 2 fully saturated rings. The molecule has 2 rings (SSSR count). The van der Waals surface area contributed by atoms with Crippen molar-refractivity contribution in [1.29, 1.82) is 5.26 Å². The second kappa shape index (κ2) is 10.3. The van der Waals surface area contributed by atoms with Crippen LogP contribution in [0, 0.1) is 28.1 Å². The summed E-state index contributed by atoms with van der Waals surface area (Å²) < 4.78 is 66.5. The van der Waals surface area contributed by atoms with E-state index in [0.717, 1.165) is 0 Å². The van der Waals surface area contributed by atoms with Crippen molar-refractivity contribution >= 4 is 23.6 Å². The number of nitrogens with zero attached hydrogens (tertiary/aromatic N) is 1. The standard InChI is InChI=1S/C24H34F5N5O4/c1-20(2,3)15(33-19(38)24(27,28)29)18(37)32-14(9-22(6)11-23(22,25)26)17(36)31-13(10-30)7-12-8-21(4,5)34-16(12)35/h12-15H,7-9,11H2,1-6H3,(H,31,36)(H,32,37)(H,33,38)(H,34,35). The first-order valence-electron chi connectivity index (χ1n) is 12.1. The van der Waals surface area contributed by atoms with E-state index in [0.29, 0.717) is 6.42 Å². The van der Waals surface area contributed by atoms with Crippen molar-refractivity contribution in [2.24, 2.45) is 16.7 Å². The van der Waals surface area contributed by atoms with Crippen LogP contribution in [0.25, 0.3) is 0 Å². The van der Waals surface area contributed by atoms with E-state index in [9.17, 15) is 46.4 Å². The minimum absolute atomic E-state index is 0.0716. The molecule has 0 aromatic heterocycles. The third kappa shape index (κ3) is 7.54. The van der Waals surface area contributed by atoms with Gasteiger partial charge in [0.2, 0.25) is 17.7 Å². The van der Waals surface area contributed by atoms with Crippen LogP contribution in [0.1, 0.15) is 67.2 Å². The third-order valence-electron chi connectivity index (χ3n) is 6.90. The maximum absolute atomic E-state index is 14.0. The van der Waals surface area contributed by atoms with Gasteiger partial charge in [-0.1, -0.05) is 27.7 Å². The molecule has 4 amide bonds. The first kappa shape index (κ1) is 31.2. The fraction of sp³-hybridized carbons (Fsp3) is 0.792. The largest absolute Gasteiger partial charge is 0.471 e. The topological polar surface area (TPSA) is 140 Å². The summed E-state index contributed by atoms with van der Waals surface area (Å²) in [6, 6.07) is -2.78. The number of halogens is 5. The summed E-state index contributed by atoms with van der Waals surface area (Å²) in [7, 11) is 0. The number of rotatable bonds is 9. The maximum atomic E-state index is 14.0. The number of alkyl halides is 5. The molecular formula is C24H34F5N5O4. The lowest BCUT2D eigenvalue weighted by Gasteiger charge is -2.32. The second-order valence-electron chi connectivity index (χ2n) is 12.2. The van der Waals surface area contributed by atoms with Crippen molar-refractivity contribution in [2.75, 3.05) is 0 Å². The van der Waals surface area contributed by atoms with E-state index in [1.165, 1.54) is 27.7 Å². The van der Waals surface area contributed by atoms with Gasteiger partial charge in [-0.15, -0.1) is 0 Å². The number of carbonyl (C=O) groups is 4. The Morgan fingerprint density at radius 1 is 1.08 bits per heavy atom. The van der Waals surface area contributed by atoms with Gasteiger partial charge in [0, 0.05) is 23.3 Å². The summed E-state index contributed by atoms with van der Waals surface area (Å²) in [6.07, 6.45) is -6.12. The molecule has 2 aliphatic rings. The van der Waals surface area contributed by atoms with E-state index in [4.69, 9.17) is 0 Å². The van der Waals surface area contributed by atoms with Crippen LogP contribution >= 0.6 is 0 Å². The Bertz CT molecular complexity index is 1020. The van der Waals surface area contributed by atoms with Crippen LogP contribution in [-0.4, -0.2) is 59.4 Å². The zero-order valence-corrected chi connectivity index (χ0v) is 22.1. The van der Waals surface area contributed by atoms with Crippen LogP contribution in [0.2, 0.25) is 0 Å². The van der Waals surface area contributed by atoms with Crippen molar-refractivity contribution in [3.8, 4) is 6.07 Å². The molecule has 0 bridgehead atoms. The Morgan fingerprint density at radius 3 is 2.03 bits per heavy atom. The minimum atomic E-state index is -5.29.